The van der Waals surface area contributed by atoms with Gasteiger partial charge in [0.1, 0.15) is 0 Å². The number of nitrogens with one attached hydrogen (secondary N) is 1. The molecule has 8 heteroatoms. The Hall–Kier alpha value is -3.16. The summed E-state index contributed by atoms with van der Waals surface area (Å²) in [5, 5.41) is 11.7. The number of imidazole rings is 1. The molecule has 0 spiro atoms. The van der Waals surface area contributed by atoms with Gasteiger partial charge in [-0.05, 0) is 0 Å². The Balaban J connectivity index is 1.79. The van der Waals surface area contributed by atoms with Crippen molar-refractivity contribution in [3.8, 4) is 11.3 Å². The van der Waals surface area contributed by atoms with Crippen LogP contribution in [0.5, 0.6) is 0 Å². The fraction of sp³-hybridized carbons (Fsp3) is 0.143. The molecule has 4 heterocycles. The van der Waals surface area contributed by atoms with Crippen molar-refractivity contribution in [2.45, 2.75) is 0 Å². The van der Waals surface area contributed by atoms with Crippen molar-refractivity contribution >= 4 is 17.3 Å². The van der Waals surface area contributed by atoms with Gasteiger partial charge < -0.3 is 5.32 Å². The van der Waals surface area contributed by atoms with Crippen molar-refractivity contribution in [3.63, 3.8) is 0 Å². The molecular formula is C14H14N8. The quantitative estimate of drug-likeness (QED) is 0.621. The molecule has 1 N–H and O–H groups in total. The Morgan fingerprint density at radius 3 is 2.68 bits per heavy atom. The van der Waals surface area contributed by atoms with E-state index in [1.165, 1.54) is 0 Å². The van der Waals surface area contributed by atoms with Crippen molar-refractivity contribution in [1.29, 1.82) is 0 Å². The normalized spacial score (nSPS) is 11.2. The van der Waals surface area contributed by atoms with E-state index in [1.54, 1.807) is 15.6 Å². The van der Waals surface area contributed by atoms with Gasteiger partial charge in [0.05, 0.1) is 18.1 Å². The first-order chi connectivity index (χ1) is 10.7. The number of hydrogen-bond donors (Lipinski definition) is 1. The predicted octanol–water partition coefficient (Wildman–Crippen LogP) is 1.61. The van der Waals surface area contributed by atoms with Gasteiger partial charge >= 0.3 is 0 Å². The summed E-state index contributed by atoms with van der Waals surface area (Å²) in [6.07, 6.45) is 11.1. The molecule has 0 atom stereocenters. The summed E-state index contributed by atoms with van der Waals surface area (Å²) < 4.78 is 5.48. The number of hydrogen-bond acceptors (Lipinski definition) is 5. The Morgan fingerprint density at radius 2 is 1.95 bits per heavy atom. The molecule has 0 unspecified atom stereocenters. The summed E-state index contributed by atoms with van der Waals surface area (Å²) in [6.45, 7) is 0. The van der Waals surface area contributed by atoms with Crippen LogP contribution in [0.1, 0.15) is 0 Å². The van der Waals surface area contributed by atoms with Gasteiger partial charge in [-0.2, -0.15) is 10.2 Å². The zero-order chi connectivity index (χ0) is 15.1. The molecule has 4 aromatic rings. The van der Waals surface area contributed by atoms with Crippen LogP contribution in [0.25, 0.3) is 16.9 Å². The molecule has 0 fully saturated rings. The van der Waals surface area contributed by atoms with Crippen LogP contribution in [0.2, 0.25) is 0 Å². The molecule has 0 radical (unpaired) electrons. The second kappa shape index (κ2) is 4.69. The van der Waals surface area contributed by atoms with Crippen LogP contribution in [-0.2, 0) is 14.1 Å². The van der Waals surface area contributed by atoms with E-state index < -0.39 is 0 Å². The van der Waals surface area contributed by atoms with Crippen LogP contribution in [0.15, 0.2) is 43.2 Å². The monoisotopic (exact) mass is 294 g/mol. The largest absolute Gasteiger partial charge is 0.320 e. The number of aryl methyl sites for hydroxylation is 2. The molecule has 0 aliphatic rings. The summed E-state index contributed by atoms with van der Waals surface area (Å²) in [7, 11) is 3.76. The van der Waals surface area contributed by atoms with E-state index in [0.29, 0.717) is 5.82 Å². The maximum absolute atomic E-state index is 4.47. The van der Waals surface area contributed by atoms with Crippen molar-refractivity contribution < 1.29 is 0 Å². The fourth-order valence-corrected chi connectivity index (χ4v) is 2.38. The molecule has 0 amide bonds. The lowest BCUT2D eigenvalue weighted by Crippen LogP contribution is -1.99. The molecule has 4 aromatic heterocycles. The van der Waals surface area contributed by atoms with Crippen LogP contribution in [0.4, 0.5) is 11.6 Å². The molecule has 0 saturated heterocycles. The molecule has 8 nitrogen and oxygen atoms in total. The summed E-state index contributed by atoms with van der Waals surface area (Å²) in [5.41, 5.74) is 2.71. The number of rotatable bonds is 3. The van der Waals surface area contributed by atoms with E-state index in [0.717, 1.165) is 22.7 Å². The van der Waals surface area contributed by atoms with E-state index >= 15 is 0 Å². The van der Waals surface area contributed by atoms with Crippen LogP contribution in [0, 0.1) is 0 Å². The summed E-state index contributed by atoms with van der Waals surface area (Å²) in [5.74, 6) is 1.39. The van der Waals surface area contributed by atoms with Crippen molar-refractivity contribution in [2.75, 3.05) is 5.32 Å². The lowest BCUT2D eigenvalue weighted by molar-refractivity contribution is 0.768. The minimum absolute atomic E-state index is 0.663. The smallest absolute Gasteiger partial charge is 0.180 e. The second-order valence-electron chi connectivity index (χ2n) is 5.02. The number of anilines is 2. The summed E-state index contributed by atoms with van der Waals surface area (Å²) in [4.78, 5) is 8.83. The van der Waals surface area contributed by atoms with Gasteiger partial charge in [-0.1, -0.05) is 0 Å². The van der Waals surface area contributed by atoms with Crippen LogP contribution in [-0.4, -0.2) is 33.9 Å². The first-order valence-corrected chi connectivity index (χ1v) is 6.78. The fourth-order valence-electron chi connectivity index (χ4n) is 2.38. The highest BCUT2D eigenvalue weighted by Crippen LogP contribution is 2.24. The first-order valence-electron chi connectivity index (χ1n) is 6.78. The zero-order valence-corrected chi connectivity index (χ0v) is 12.2. The van der Waals surface area contributed by atoms with Gasteiger partial charge in [-0.3, -0.25) is 13.8 Å². The van der Waals surface area contributed by atoms with Crippen molar-refractivity contribution in [2.24, 2.45) is 14.1 Å². The average molecular weight is 294 g/mol. The Kier molecular flexibility index (Phi) is 2.68. The lowest BCUT2D eigenvalue weighted by atomic mass is 10.3. The van der Waals surface area contributed by atoms with Crippen molar-refractivity contribution in [1.82, 2.24) is 33.9 Å². The van der Waals surface area contributed by atoms with Gasteiger partial charge in [0.2, 0.25) is 0 Å². The highest BCUT2D eigenvalue weighted by atomic mass is 15.3. The van der Waals surface area contributed by atoms with E-state index in [9.17, 15) is 0 Å². The van der Waals surface area contributed by atoms with E-state index in [2.05, 4.69) is 25.5 Å². The molecule has 4 rings (SSSR count). The molecule has 22 heavy (non-hydrogen) atoms. The molecule has 0 saturated carbocycles. The second-order valence-corrected chi connectivity index (χ2v) is 5.02. The van der Waals surface area contributed by atoms with E-state index in [1.807, 2.05) is 55.5 Å². The Labute approximate surface area is 126 Å². The Morgan fingerprint density at radius 1 is 1.05 bits per heavy atom. The molecular weight excluding hydrogens is 280 g/mol. The zero-order valence-electron chi connectivity index (χ0n) is 12.2. The average Bonchev–Trinajstić information content (AvgIpc) is 3.19. The van der Waals surface area contributed by atoms with Gasteiger partial charge in [-0.15, -0.1) is 0 Å². The molecule has 0 aliphatic carbocycles. The first kappa shape index (κ1) is 12.6. The van der Waals surface area contributed by atoms with Crippen LogP contribution >= 0.6 is 0 Å². The number of fused-ring (bicyclic) bond motifs is 1. The topological polar surface area (TPSA) is 77.9 Å². The van der Waals surface area contributed by atoms with E-state index in [4.69, 9.17) is 0 Å². The highest BCUT2D eigenvalue weighted by molar-refractivity contribution is 5.72. The third kappa shape index (κ3) is 2.01. The number of nitrogens with zero attached hydrogens (tertiary/aromatic N) is 7. The minimum atomic E-state index is 0.663. The number of aromatic nitrogens is 7. The standard InChI is InChI=1S/C14H14N8/c1-20-5-3-12(19-20)18-13-14-16-8-11(22(14)6-4-15-13)10-7-17-21(2)9-10/h3-9H,1-2H3,(H,15,18,19). The summed E-state index contributed by atoms with van der Waals surface area (Å²) >= 11 is 0. The third-order valence-electron chi connectivity index (χ3n) is 3.39. The van der Waals surface area contributed by atoms with Gasteiger partial charge in [0.15, 0.2) is 17.3 Å². The maximum Gasteiger partial charge on any atom is 0.180 e. The summed E-state index contributed by atoms with van der Waals surface area (Å²) in [6, 6.07) is 1.89. The van der Waals surface area contributed by atoms with Gasteiger partial charge in [-0.25, -0.2) is 9.97 Å². The molecule has 0 bridgehead atoms. The van der Waals surface area contributed by atoms with Crippen LogP contribution in [0.3, 0.4) is 0 Å². The lowest BCUT2D eigenvalue weighted by Gasteiger charge is -2.04. The third-order valence-corrected chi connectivity index (χ3v) is 3.39. The molecule has 0 aliphatic heterocycles. The van der Waals surface area contributed by atoms with Gasteiger partial charge in [0, 0.05) is 50.5 Å². The van der Waals surface area contributed by atoms with Crippen LogP contribution < -0.4 is 5.32 Å². The highest BCUT2D eigenvalue weighted by Gasteiger charge is 2.12. The predicted molar refractivity (Wildman–Crippen MR) is 81.7 cm³/mol. The maximum atomic E-state index is 4.47. The van der Waals surface area contributed by atoms with Gasteiger partial charge in [0.25, 0.3) is 0 Å². The minimum Gasteiger partial charge on any atom is -0.320 e. The Bertz CT molecular complexity index is 945. The molecule has 0 aromatic carbocycles. The van der Waals surface area contributed by atoms with Crippen molar-refractivity contribution in [3.05, 3.63) is 43.2 Å². The van der Waals surface area contributed by atoms with E-state index in [-0.39, 0.29) is 0 Å². The molecule has 110 valence electrons. The SMILES string of the molecule is Cn1cc(-c2cnc3c(Nc4ccn(C)n4)nccn23)cn1.